The van der Waals surface area contributed by atoms with E-state index in [1.54, 1.807) is 11.1 Å². The molecule has 2 aromatic rings. The molecule has 2 aliphatic rings. The number of halogens is 1. The van der Waals surface area contributed by atoms with Crippen LogP contribution in [0, 0.1) is 0 Å². The monoisotopic (exact) mass is 329 g/mol. The highest BCUT2D eigenvalue weighted by Gasteiger charge is 2.37. The van der Waals surface area contributed by atoms with Crippen LogP contribution in [-0.2, 0) is 6.42 Å². The smallest absolute Gasteiger partial charge is 0.0394 e. The molecule has 0 N–H and O–H groups in total. The van der Waals surface area contributed by atoms with E-state index in [0.29, 0.717) is 12.1 Å². The molecule has 0 amide bonds. The van der Waals surface area contributed by atoms with Gasteiger partial charge in [0.15, 0.2) is 0 Å². The van der Waals surface area contributed by atoms with Crippen molar-refractivity contribution in [1.82, 2.24) is 4.90 Å². The molecule has 0 aromatic heterocycles. The van der Waals surface area contributed by atoms with Gasteiger partial charge in [0.2, 0.25) is 0 Å². The van der Waals surface area contributed by atoms with Gasteiger partial charge in [0, 0.05) is 12.1 Å². The Balaban J connectivity index is 0.00000121. The number of rotatable bonds is 1. The molecule has 2 heterocycles. The summed E-state index contributed by atoms with van der Waals surface area (Å²) in [6.45, 7) is 1.25. The molecule has 4 rings (SSSR count). The van der Waals surface area contributed by atoms with Crippen LogP contribution in [0.25, 0.3) is 0 Å². The molecule has 2 aromatic carbocycles. The van der Waals surface area contributed by atoms with Gasteiger partial charge in [-0.1, -0.05) is 54.6 Å². The molecule has 1 nitrogen and oxygen atoms in total. The Bertz CT molecular complexity index is 581. The van der Waals surface area contributed by atoms with Crippen molar-refractivity contribution in [3.63, 3.8) is 0 Å². The maximum Gasteiger partial charge on any atom is 0.0394 e. The lowest BCUT2D eigenvalue weighted by atomic mass is 9.86. The fourth-order valence-corrected chi connectivity index (χ4v) is 3.85. The molecule has 20 heavy (non-hydrogen) atoms. The minimum Gasteiger partial charge on any atom is -0.289 e. The molecule has 2 heteroatoms. The minimum atomic E-state index is 0. The van der Waals surface area contributed by atoms with E-state index in [9.17, 15) is 0 Å². The van der Waals surface area contributed by atoms with Crippen molar-refractivity contribution < 1.29 is 0 Å². The second kappa shape index (κ2) is 5.71. The summed E-state index contributed by atoms with van der Waals surface area (Å²) in [6, 6.07) is 21.3. The van der Waals surface area contributed by atoms with Gasteiger partial charge in [0.05, 0.1) is 0 Å². The van der Waals surface area contributed by atoms with Gasteiger partial charge >= 0.3 is 0 Å². The van der Waals surface area contributed by atoms with Gasteiger partial charge in [-0.3, -0.25) is 4.90 Å². The zero-order valence-electron chi connectivity index (χ0n) is 11.5. The summed E-state index contributed by atoms with van der Waals surface area (Å²) in [4.78, 5) is 2.72. The number of hydrogen-bond donors (Lipinski definition) is 0. The summed E-state index contributed by atoms with van der Waals surface area (Å²) >= 11 is 0. The molecule has 0 radical (unpaired) electrons. The Labute approximate surface area is 131 Å². The van der Waals surface area contributed by atoms with Crippen LogP contribution in [0.1, 0.15) is 41.6 Å². The topological polar surface area (TPSA) is 3.24 Å². The first-order chi connectivity index (χ1) is 9.43. The highest BCUT2D eigenvalue weighted by atomic mass is 79.9. The molecule has 1 saturated heterocycles. The third-order valence-corrected chi connectivity index (χ3v) is 4.71. The van der Waals surface area contributed by atoms with Crippen molar-refractivity contribution in [2.45, 2.75) is 31.3 Å². The summed E-state index contributed by atoms with van der Waals surface area (Å²) in [5.74, 6) is 0. The quantitative estimate of drug-likeness (QED) is 0.733. The van der Waals surface area contributed by atoms with Gasteiger partial charge in [-0.2, -0.15) is 0 Å². The molecule has 0 unspecified atom stereocenters. The van der Waals surface area contributed by atoms with Crippen LogP contribution in [0.2, 0.25) is 0 Å². The fraction of sp³-hybridized carbons (Fsp3) is 0.333. The highest BCUT2D eigenvalue weighted by molar-refractivity contribution is 8.93. The molecule has 0 saturated carbocycles. The van der Waals surface area contributed by atoms with Gasteiger partial charge in [-0.05, 0) is 42.5 Å². The molecular formula is C18H20BrN. The number of nitrogens with zero attached hydrogens (tertiary/aromatic N) is 1. The SMILES string of the molecule is Br.c1ccc([C@@H]2Cc3ccccc3[C@@H]3CCCN23)cc1. The van der Waals surface area contributed by atoms with Crippen molar-refractivity contribution in [3.8, 4) is 0 Å². The van der Waals surface area contributed by atoms with Crippen LogP contribution in [0.15, 0.2) is 54.6 Å². The molecule has 104 valence electrons. The first kappa shape index (κ1) is 13.8. The van der Waals surface area contributed by atoms with E-state index in [1.165, 1.54) is 24.9 Å². The van der Waals surface area contributed by atoms with Gasteiger partial charge in [-0.25, -0.2) is 0 Å². The average Bonchev–Trinajstić information content (AvgIpc) is 2.97. The molecule has 2 aliphatic heterocycles. The lowest BCUT2D eigenvalue weighted by Crippen LogP contribution is -2.34. The summed E-state index contributed by atoms with van der Waals surface area (Å²) in [5.41, 5.74) is 4.61. The zero-order chi connectivity index (χ0) is 12.7. The van der Waals surface area contributed by atoms with E-state index in [0.717, 1.165) is 6.42 Å². The molecular weight excluding hydrogens is 310 g/mol. The third-order valence-electron chi connectivity index (χ3n) is 4.71. The van der Waals surface area contributed by atoms with E-state index in [1.807, 2.05) is 0 Å². The molecule has 2 atom stereocenters. The van der Waals surface area contributed by atoms with Crippen molar-refractivity contribution in [1.29, 1.82) is 0 Å². The number of benzene rings is 2. The van der Waals surface area contributed by atoms with Crippen molar-refractivity contribution in [3.05, 3.63) is 71.3 Å². The van der Waals surface area contributed by atoms with E-state index in [-0.39, 0.29) is 17.0 Å². The standard InChI is InChI=1S/C18H19N.BrH/c1-2-7-14(8-3-1)18-13-15-9-4-5-10-16(15)17-11-6-12-19(17)18;/h1-5,7-10,17-18H,6,11-13H2;1H/t17-,18-;/m0./s1. The van der Waals surface area contributed by atoms with Crippen LogP contribution >= 0.6 is 17.0 Å². The Hall–Kier alpha value is -1.12. The molecule has 1 fully saturated rings. The number of fused-ring (bicyclic) bond motifs is 3. The van der Waals surface area contributed by atoms with Crippen molar-refractivity contribution in [2.75, 3.05) is 6.54 Å². The van der Waals surface area contributed by atoms with Crippen LogP contribution < -0.4 is 0 Å². The summed E-state index contributed by atoms with van der Waals surface area (Å²) in [7, 11) is 0. The van der Waals surface area contributed by atoms with Crippen LogP contribution in [0.4, 0.5) is 0 Å². The maximum absolute atomic E-state index is 2.72. The van der Waals surface area contributed by atoms with Crippen molar-refractivity contribution in [2.24, 2.45) is 0 Å². The first-order valence-electron chi connectivity index (χ1n) is 7.32. The third kappa shape index (κ3) is 2.21. The molecule has 0 bridgehead atoms. The van der Waals surface area contributed by atoms with Gasteiger partial charge in [-0.15, -0.1) is 17.0 Å². The van der Waals surface area contributed by atoms with Crippen LogP contribution in [-0.4, -0.2) is 11.4 Å². The maximum atomic E-state index is 2.72. The van der Waals surface area contributed by atoms with Crippen LogP contribution in [0.3, 0.4) is 0 Å². The average molecular weight is 330 g/mol. The Morgan fingerprint density at radius 3 is 2.45 bits per heavy atom. The Morgan fingerprint density at radius 1 is 0.850 bits per heavy atom. The fourth-order valence-electron chi connectivity index (χ4n) is 3.85. The van der Waals surface area contributed by atoms with E-state index in [4.69, 9.17) is 0 Å². The largest absolute Gasteiger partial charge is 0.289 e. The molecule has 0 aliphatic carbocycles. The van der Waals surface area contributed by atoms with E-state index >= 15 is 0 Å². The number of hydrogen-bond acceptors (Lipinski definition) is 1. The van der Waals surface area contributed by atoms with Crippen LogP contribution in [0.5, 0.6) is 0 Å². The minimum absolute atomic E-state index is 0. The lowest BCUT2D eigenvalue weighted by molar-refractivity contribution is 0.163. The van der Waals surface area contributed by atoms with Gasteiger partial charge in [0.1, 0.15) is 0 Å². The first-order valence-corrected chi connectivity index (χ1v) is 7.32. The van der Waals surface area contributed by atoms with E-state index < -0.39 is 0 Å². The predicted octanol–water partition coefficient (Wildman–Crippen LogP) is 4.70. The highest BCUT2D eigenvalue weighted by Crippen LogP contribution is 2.45. The summed E-state index contributed by atoms with van der Waals surface area (Å²) in [6.07, 6.45) is 3.82. The lowest BCUT2D eigenvalue weighted by Gasteiger charge is -2.39. The normalized spacial score (nSPS) is 24.6. The van der Waals surface area contributed by atoms with Crippen molar-refractivity contribution >= 4 is 17.0 Å². The second-order valence-electron chi connectivity index (χ2n) is 5.73. The summed E-state index contributed by atoms with van der Waals surface area (Å²) in [5, 5.41) is 0. The zero-order valence-corrected chi connectivity index (χ0v) is 13.2. The van der Waals surface area contributed by atoms with Gasteiger partial charge in [0.25, 0.3) is 0 Å². The summed E-state index contributed by atoms with van der Waals surface area (Å²) < 4.78 is 0. The second-order valence-corrected chi connectivity index (χ2v) is 5.73. The Morgan fingerprint density at radius 2 is 1.60 bits per heavy atom. The Kier molecular flexibility index (Phi) is 3.95. The predicted molar refractivity (Wildman–Crippen MR) is 88.3 cm³/mol. The van der Waals surface area contributed by atoms with Gasteiger partial charge < -0.3 is 0 Å². The molecule has 0 spiro atoms. The van der Waals surface area contributed by atoms with E-state index in [2.05, 4.69) is 59.5 Å².